The minimum absolute atomic E-state index is 0.489. The molecule has 0 bridgehead atoms. The van der Waals surface area contributed by atoms with E-state index >= 15 is 0 Å². The quantitative estimate of drug-likeness (QED) is 0.744. The number of aryl methyl sites for hydroxylation is 2. The monoisotopic (exact) mass is 324 g/mol. The lowest BCUT2D eigenvalue weighted by molar-refractivity contribution is 0.302. The van der Waals surface area contributed by atoms with Crippen LogP contribution in [-0.2, 0) is 6.61 Å². The second kappa shape index (κ2) is 5.77. The molecule has 0 aliphatic rings. The summed E-state index contributed by atoms with van der Waals surface area (Å²) in [5.74, 6) is 0.929. The van der Waals surface area contributed by atoms with E-state index < -0.39 is 0 Å². The molecule has 3 heteroatoms. The van der Waals surface area contributed by atoms with Crippen LogP contribution in [0, 0.1) is 13.8 Å². The molecule has 1 nitrogen and oxygen atoms in total. The van der Waals surface area contributed by atoms with Crippen LogP contribution in [0.15, 0.2) is 40.9 Å². The SMILES string of the molecule is Cc1cc(Br)cc(C)c1OCc1ccccc1Cl. The largest absolute Gasteiger partial charge is 0.488 e. The van der Waals surface area contributed by atoms with Gasteiger partial charge < -0.3 is 4.74 Å². The van der Waals surface area contributed by atoms with Crippen LogP contribution >= 0.6 is 27.5 Å². The Balaban J connectivity index is 2.19. The van der Waals surface area contributed by atoms with Crippen LogP contribution in [0.3, 0.4) is 0 Å². The van der Waals surface area contributed by atoms with Crippen LogP contribution in [0.2, 0.25) is 5.02 Å². The van der Waals surface area contributed by atoms with E-state index in [-0.39, 0.29) is 0 Å². The van der Waals surface area contributed by atoms with Crippen LogP contribution in [0.5, 0.6) is 5.75 Å². The normalized spacial score (nSPS) is 10.4. The molecule has 2 rings (SSSR count). The number of rotatable bonds is 3. The maximum atomic E-state index is 6.11. The zero-order valence-electron chi connectivity index (χ0n) is 10.3. The Labute approximate surface area is 121 Å². The first-order valence-corrected chi connectivity index (χ1v) is 6.88. The van der Waals surface area contributed by atoms with Gasteiger partial charge in [-0.15, -0.1) is 0 Å². The summed E-state index contributed by atoms with van der Waals surface area (Å²) in [6.45, 7) is 4.57. The van der Waals surface area contributed by atoms with Crippen molar-refractivity contribution in [1.29, 1.82) is 0 Å². The summed E-state index contributed by atoms with van der Waals surface area (Å²) in [4.78, 5) is 0. The van der Waals surface area contributed by atoms with E-state index in [2.05, 4.69) is 28.1 Å². The smallest absolute Gasteiger partial charge is 0.125 e. The molecule has 2 aromatic carbocycles. The van der Waals surface area contributed by atoms with Crippen LogP contribution in [0.25, 0.3) is 0 Å². The van der Waals surface area contributed by atoms with Gasteiger partial charge in [0.15, 0.2) is 0 Å². The van der Waals surface area contributed by atoms with E-state index in [4.69, 9.17) is 16.3 Å². The van der Waals surface area contributed by atoms with Gasteiger partial charge >= 0.3 is 0 Å². The third-order valence-corrected chi connectivity index (χ3v) is 3.58. The highest BCUT2D eigenvalue weighted by Crippen LogP contribution is 2.28. The van der Waals surface area contributed by atoms with E-state index in [0.717, 1.165) is 31.9 Å². The fraction of sp³-hybridized carbons (Fsp3) is 0.200. The van der Waals surface area contributed by atoms with Crippen LogP contribution in [-0.4, -0.2) is 0 Å². The third-order valence-electron chi connectivity index (χ3n) is 2.75. The second-order valence-corrected chi connectivity index (χ2v) is 5.57. The van der Waals surface area contributed by atoms with Crippen molar-refractivity contribution in [2.45, 2.75) is 20.5 Å². The number of halogens is 2. The van der Waals surface area contributed by atoms with Crippen molar-refractivity contribution >= 4 is 27.5 Å². The van der Waals surface area contributed by atoms with Crippen molar-refractivity contribution in [1.82, 2.24) is 0 Å². The molecule has 94 valence electrons. The molecule has 0 N–H and O–H groups in total. The molecule has 0 aromatic heterocycles. The number of hydrogen-bond donors (Lipinski definition) is 0. The molecule has 0 radical (unpaired) electrons. The fourth-order valence-electron chi connectivity index (χ4n) is 1.89. The standard InChI is InChI=1S/C15H14BrClO/c1-10-7-13(16)8-11(2)15(10)18-9-12-5-3-4-6-14(12)17/h3-8H,9H2,1-2H3. The Hall–Kier alpha value is -0.990. The minimum atomic E-state index is 0.489. The Morgan fingerprint density at radius 2 is 1.72 bits per heavy atom. The minimum Gasteiger partial charge on any atom is -0.488 e. The van der Waals surface area contributed by atoms with Crippen molar-refractivity contribution in [3.63, 3.8) is 0 Å². The maximum Gasteiger partial charge on any atom is 0.125 e. The van der Waals surface area contributed by atoms with Crippen molar-refractivity contribution in [3.8, 4) is 5.75 Å². The number of benzene rings is 2. The van der Waals surface area contributed by atoms with Gasteiger partial charge in [-0.05, 0) is 43.2 Å². The average molecular weight is 326 g/mol. The van der Waals surface area contributed by atoms with E-state index in [9.17, 15) is 0 Å². The molecule has 2 aromatic rings. The van der Waals surface area contributed by atoms with Crippen molar-refractivity contribution < 1.29 is 4.74 Å². The van der Waals surface area contributed by atoms with Crippen LogP contribution in [0.1, 0.15) is 16.7 Å². The molecule has 0 aliphatic carbocycles. The van der Waals surface area contributed by atoms with Gasteiger partial charge in [-0.2, -0.15) is 0 Å². The lowest BCUT2D eigenvalue weighted by Crippen LogP contribution is -1.99. The molecule has 0 fully saturated rings. The highest BCUT2D eigenvalue weighted by molar-refractivity contribution is 9.10. The highest BCUT2D eigenvalue weighted by Gasteiger charge is 2.07. The molecule has 0 atom stereocenters. The predicted molar refractivity (Wildman–Crippen MR) is 79.4 cm³/mol. The molecule has 0 spiro atoms. The molecular formula is C15H14BrClO. The van der Waals surface area contributed by atoms with Gasteiger partial charge in [0.2, 0.25) is 0 Å². The first-order chi connectivity index (χ1) is 8.58. The lowest BCUT2D eigenvalue weighted by atomic mass is 10.1. The molecule has 0 saturated carbocycles. The molecule has 0 aliphatic heterocycles. The number of hydrogen-bond acceptors (Lipinski definition) is 1. The Bertz CT molecular complexity index is 543. The summed E-state index contributed by atoms with van der Waals surface area (Å²) in [5.41, 5.74) is 3.24. The second-order valence-electron chi connectivity index (χ2n) is 4.25. The van der Waals surface area contributed by atoms with E-state index in [1.807, 2.05) is 38.1 Å². The number of ether oxygens (including phenoxy) is 1. The van der Waals surface area contributed by atoms with Crippen molar-refractivity contribution in [2.75, 3.05) is 0 Å². The summed E-state index contributed by atoms with van der Waals surface area (Å²) in [5, 5.41) is 0.741. The lowest BCUT2D eigenvalue weighted by Gasteiger charge is -2.13. The molecule has 0 saturated heterocycles. The summed E-state index contributed by atoms with van der Waals surface area (Å²) >= 11 is 9.59. The summed E-state index contributed by atoms with van der Waals surface area (Å²) < 4.78 is 6.96. The van der Waals surface area contributed by atoms with E-state index in [0.29, 0.717) is 6.61 Å². The topological polar surface area (TPSA) is 9.23 Å². The van der Waals surface area contributed by atoms with E-state index in [1.54, 1.807) is 0 Å². The highest BCUT2D eigenvalue weighted by atomic mass is 79.9. The van der Waals surface area contributed by atoms with Gasteiger partial charge in [-0.25, -0.2) is 0 Å². The van der Waals surface area contributed by atoms with Crippen LogP contribution < -0.4 is 4.74 Å². The van der Waals surface area contributed by atoms with Gasteiger partial charge in [0, 0.05) is 15.1 Å². The average Bonchev–Trinajstić information content (AvgIpc) is 2.30. The van der Waals surface area contributed by atoms with E-state index in [1.165, 1.54) is 0 Å². The first-order valence-electron chi connectivity index (χ1n) is 5.71. The zero-order valence-corrected chi connectivity index (χ0v) is 12.7. The molecule has 18 heavy (non-hydrogen) atoms. The Kier molecular flexibility index (Phi) is 4.31. The molecular weight excluding hydrogens is 312 g/mol. The Morgan fingerprint density at radius 3 is 2.33 bits per heavy atom. The van der Waals surface area contributed by atoms with Crippen molar-refractivity contribution in [2.24, 2.45) is 0 Å². The van der Waals surface area contributed by atoms with Gasteiger partial charge in [-0.3, -0.25) is 0 Å². The zero-order chi connectivity index (χ0) is 13.1. The Morgan fingerprint density at radius 1 is 1.11 bits per heavy atom. The summed E-state index contributed by atoms with van der Waals surface area (Å²) in [6.07, 6.45) is 0. The summed E-state index contributed by atoms with van der Waals surface area (Å²) in [6, 6.07) is 11.8. The van der Waals surface area contributed by atoms with Gasteiger partial charge in [0.05, 0.1) is 0 Å². The predicted octanol–water partition coefficient (Wildman–Crippen LogP) is 5.30. The van der Waals surface area contributed by atoms with Gasteiger partial charge in [0.25, 0.3) is 0 Å². The fourth-order valence-corrected chi connectivity index (χ4v) is 2.77. The van der Waals surface area contributed by atoms with Gasteiger partial charge in [-0.1, -0.05) is 45.7 Å². The van der Waals surface area contributed by atoms with Crippen LogP contribution in [0.4, 0.5) is 0 Å². The third kappa shape index (κ3) is 3.06. The van der Waals surface area contributed by atoms with Gasteiger partial charge in [0.1, 0.15) is 12.4 Å². The maximum absolute atomic E-state index is 6.11. The van der Waals surface area contributed by atoms with Crippen molar-refractivity contribution in [3.05, 3.63) is 62.6 Å². The molecule has 0 unspecified atom stereocenters. The summed E-state index contributed by atoms with van der Waals surface area (Å²) in [7, 11) is 0. The first kappa shape index (κ1) is 13.4. The molecule has 0 heterocycles. The molecule has 0 amide bonds.